The van der Waals surface area contributed by atoms with E-state index < -0.39 is 26.5 Å². The largest absolute Gasteiger partial charge is 0.453 e. The third-order valence-electron chi connectivity index (χ3n) is 3.91. The maximum Gasteiger partial charge on any atom is 0.296 e. The molecule has 168 valence electrons. The van der Waals surface area contributed by atoms with Crippen LogP contribution in [0.15, 0.2) is 36.4 Å². The molecule has 0 aromatic heterocycles. The predicted molar refractivity (Wildman–Crippen MR) is 119 cm³/mol. The lowest BCUT2D eigenvalue weighted by Crippen LogP contribution is -2.29. The topological polar surface area (TPSA) is 140 Å². The van der Waals surface area contributed by atoms with Gasteiger partial charge in [-0.2, -0.15) is 0 Å². The number of nitro benzene ring substituents is 1. The molecular formula is C19H23ClN4O6S. The van der Waals surface area contributed by atoms with Crippen LogP contribution in [0.1, 0.15) is 19.8 Å². The number of unbranched alkanes of at least 4 members (excludes halogenated alkanes) is 1. The SMILES string of the molecule is CCCCNCC(=O)Nc1cc(NS(C)(=O)=O)c(Oc2ccccc2Cl)cc1[N+](=O)[O-]. The van der Waals surface area contributed by atoms with Crippen molar-refractivity contribution in [2.45, 2.75) is 19.8 Å². The number of anilines is 2. The number of halogens is 1. The van der Waals surface area contributed by atoms with Gasteiger partial charge in [-0.3, -0.25) is 19.6 Å². The van der Waals surface area contributed by atoms with Gasteiger partial charge in [-0.1, -0.05) is 37.1 Å². The molecule has 0 spiro atoms. The van der Waals surface area contributed by atoms with Crippen molar-refractivity contribution in [1.82, 2.24) is 5.32 Å². The number of amides is 1. The van der Waals surface area contributed by atoms with Gasteiger partial charge in [-0.15, -0.1) is 0 Å². The molecule has 31 heavy (non-hydrogen) atoms. The zero-order chi connectivity index (χ0) is 23.0. The fraction of sp³-hybridized carbons (Fsp3) is 0.316. The molecule has 1 amide bonds. The Kier molecular flexibility index (Phi) is 8.60. The Morgan fingerprint density at radius 2 is 1.90 bits per heavy atom. The van der Waals surface area contributed by atoms with E-state index in [4.69, 9.17) is 16.3 Å². The lowest BCUT2D eigenvalue weighted by Gasteiger charge is -2.15. The second kappa shape index (κ2) is 10.9. The highest BCUT2D eigenvalue weighted by molar-refractivity contribution is 7.92. The average molecular weight is 471 g/mol. The van der Waals surface area contributed by atoms with E-state index in [0.29, 0.717) is 6.54 Å². The van der Waals surface area contributed by atoms with Gasteiger partial charge in [0.1, 0.15) is 11.4 Å². The van der Waals surface area contributed by atoms with Gasteiger partial charge in [-0.05, 0) is 31.2 Å². The summed E-state index contributed by atoms with van der Waals surface area (Å²) in [5.41, 5.74) is -0.741. The monoisotopic (exact) mass is 470 g/mol. The van der Waals surface area contributed by atoms with Crippen LogP contribution in [0.5, 0.6) is 11.5 Å². The summed E-state index contributed by atoms with van der Waals surface area (Å²) >= 11 is 6.07. The summed E-state index contributed by atoms with van der Waals surface area (Å²) in [6.07, 6.45) is 2.75. The Labute approximate surface area is 185 Å². The number of sulfonamides is 1. The van der Waals surface area contributed by atoms with Crippen LogP contribution in [0.2, 0.25) is 5.02 Å². The number of ether oxygens (including phenoxy) is 1. The van der Waals surface area contributed by atoms with Crippen LogP contribution >= 0.6 is 11.6 Å². The zero-order valence-corrected chi connectivity index (χ0v) is 18.5. The minimum Gasteiger partial charge on any atom is -0.453 e. The smallest absolute Gasteiger partial charge is 0.296 e. The average Bonchev–Trinajstić information content (AvgIpc) is 2.67. The molecule has 0 atom stereocenters. The summed E-state index contributed by atoms with van der Waals surface area (Å²) in [5.74, 6) is -0.486. The summed E-state index contributed by atoms with van der Waals surface area (Å²) in [7, 11) is -3.76. The lowest BCUT2D eigenvalue weighted by molar-refractivity contribution is -0.384. The molecule has 0 aliphatic rings. The molecule has 2 rings (SSSR count). The highest BCUT2D eigenvalue weighted by atomic mass is 35.5. The van der Waals surface area contributed by atoms with Crippen molar-refractivity contribution in [2.24, 2.45) is 0 Å². The van der Waals surface area contributed by atoms with Crippen molar-refractivity contribution < 1.29 is 22.9 Å². The highest BCUT2D eigenvalue weighted by Crippen LogP contribution is 2.40. The summed E-state index contributed by atoms with van der Waals surface area (Å²) in [5, 5.41) is 17.2. The summed E-state index contributed by atoms with van der Waals surface area (Å²) < 4.78 is 31.5. The van der Waals surface area contributed by atoms with Gasteiger partial charge in [0.2, 0.25) is 15.9 Å². The Bertz CT molecular complexity index is 1060. The Hall–Kier alpha value is -2.89. The van der Waals surface area contributed by atoms with Gasteiger partial charge < -0.3 is 15.4 Å². The molecule has 0 fully saturated rings. The third kappa shape index (κ3) is 7.70. The van der Waals surface area contributed by atoms with Crippen LogP contribution in [0.25, 0.3) is 0 Å². The van der Waals surface area contributed by atoms with E-state index in [2.05, 4.69) is 15.4 Å². The Morgan fingerprint density at radius 1 is 1.19 bits per heavy atom. The molecule has 0 saturated heterocycles. The number of hydrogen-bond donors (Lipinski definition) is 3. The molecule has 0 bridgehead atoms. The van der Waals surface area contributed by atoms with Crippen LogP contribution < -0.4 is 20.1 Å². The number of rotatable bonds is 11. The maximum absolute atomic E-state index is 12.2. The molecule has 0 radical (unpaired) electrons. The molecule has 0 unspecified atom stereocenters. The summed E-state index contributed by atoms with van der Waals surface area (Å²) in [4.78, 5) is 23.1. The fourth-order valence-electron chi connectivity index (χ4n) is 2.53. The van der Waals surface area contributed by atoms with E-state index in [0.717, 1.165) is 31.2 Å². The number of nitro groups is 1. The molecule has 12 heteroatoms. The standard InChI is InChI=1S/C19H23ClN4O6S/c1-3-4-9-21-12-19(25)22-14-10-15(23-31(2,28)29)18(11-16(14)24(26)27)30-17-8-6-5-7-13(17)20/h5-8,10-11,21,23H,3-4,9,12H2,1-2H3,(H,22,25). The van der Waals surface area contributed by atoms with Crippen LogP contribution in [-0.4, -0.2) is 38.6 Å². The first-order valence-electron chi connectivity index (χ1n) is 9.34. The number of benzene rings is 2. The van der Waals surface area contributed by atoms with Gasteiger partial charge in [0.25, 0.3) is 5.69 Å². The maximum atomic E-state index is 12.2. The number of nitrogens with one attached hydrogen (secondary N) is 3. The molecule has 3 N–H and O–H groups in total. The Morgan fingerprint density at radius 3 is 2.52 bits per heavy atom. The second-order valence-corrected chi connectivity index (χ2v) is 8.76. The van der Waals surface area contributed by atoms with Crippen LogP contribution in [-0.2, 0) is 14.8 Å². The Balaban J connectivity index is 2.41. The first-order valence-corrected chi connectivity index (χ1v) is 11.6. The first-order chi connectivity index (χ1) is 14.6. The van der Waals surface area contributed by atoms with Crippen molar-refractivity contribution in [3.8, 4) is 11.5 Å². The quantitative estimate of drug-likeness (QED) is 0.258. The van der Waals surface area contributed by atoms with Crippen molar-refractivity contribution in [2.75, 3.05) is 29.4 Å². The number of nitrogens with zero attached hydrogens (tertiary/aromatic N) is 1. The van der Waals surface area contributed by atoms with Gasteiger partial charge in [0.15, 0.2) is 5.75 Å². The summed E-state index contributed by atoms with van der Waals surface area (Å²) in [6.45, 7) is 2.58. The first kappa shape index (κ1) is 24.4. The molecule has 0 heterocycles. The molecule has 2 aromatic carbocycles. The predicted octanol–water partition coefficient (Wildman–Crippen LogP) is 3.74. The minimum atomic E-state index is -3.76. The third-order valence-corrected chi connectivity index (χ3v) is 4.82. The zero-order valence-electron chi connectivity index (χ0n) is 17.0. The van der Waals surface area contributed by atoms with Gasteiger partial charge in [-0.25, -0.2) is 8.42 Å². The van der Waals surface area contributed by atoms with E-state index in [1.807, 2.05) is 6.92 Å². The fourth-order valence-corrected chi connectivity index (χ4v) is 3.26. The van der Waals surface area contributed by atoms with E-state index in [-0.39, 0.29) is 34.4 Å². The van der Waals surface area contributed by atoms with E-state index in [1.54, 1.807) is 18.2 Å². The highest BCUT2D eigenvalue weighted by Gasteiger charge is 2.23. The number of hydrogen-bond acceptors (Lipinski definition) is 7. The van der Waals surface area contributed by atoms with E-state index >= 15 is 0 Å². The number of carbonyl (C=O) groups is 1. The normalized spacial score (nSPS) is 11.1. The van der Waals surface area contributed by atoms with E-state index in [9.17, 15) is 23.3 Å². The van der Waals surface area contributed by atoms with Crippen LogP contribution in [0, 0.1) is 10.1 Å². The number of para-hydroxylation sites is 1. The number of carbonyl (C=O) groups excluding carboxylic acids is 1. The molecule has 0 aliphatic carbocycles. The second-order valence-electron chi connectivity index (χ2n) is 6.61. The molecule has 10 nitrogen and oxygen atoms in total. The lowest BCUT2D eigenvalue weighted by atomic mass is 10.2. The van der Waals surface area contributed by atoms with Crippen molar-refractivity contribution in [3.05, 3.63) is 51.5 Å². The van der Waals surface area contributed by atoms with Gasteiger partial charge >= 0.3 is 0 Å². The molecule has 0 aliphatic heterocycles. The molecular weight excluding hydrogens is 448 g/mol. The molecule has 0 saturated carbocycles. The minimum absolute atomic E-state index is 0.0517. The van der Waals surface area contributed by atoms with Crippen LogP contribution in [0.4, 0.5) is 17.1 Å². The van der Waals surface area contributed by atoms with E-state index in [1.165, 1.54) is 6.07 Å². The van der Waals surface area contributed by atoms with Crippen LogP contribution in [0.3, 0.4) is 0 Å². The van der Waals surface area contributed by atoms with Crippen molar-refractivity contribution in [3.63, 3.8) is 0 Å². The van der Waals surface area contributed by atoms with Crippen molar-refractivity contribution in [1.29, 1.82) is 0 Å². The summed E-state index contributed by atoms with van der Waals surface area (Å²) in [6, 6.07) is 8.54. The van der Waals surface area contributed by atoms with Gasteiger partial charge in [0, 0.05) is 0 Å². The van der Waals surface area contributed by atoms with Crippen molar-refractivity contribution >= 4 is 44.6 Å². The molecule has 2 aromatic rings. The van der Waals surface area contributed by atoms with Gasteiger partial charge in [0.05, 0.1) is 34.5 Å².